The zero-order valence-corrected chi connectivity index (χ0v) is 14.1. The van der Waals surface area contributed by atoms with Gasteiger partial charge in [-0.2, -0.15) is 0 Å². The lowest BCUT2D eigenvalue weighted by Gasteiger charge is -2.21. The highest BCUT2D eigenvalue weighted by Gasteiger charge is 2.39. The molecule has 1 saturated heterocycles. The van der Waals surface area contributed by atoms with Crippen LogP contribution in [0.3, 0.4) is 0 Å². The van der Waals surface area contributed by atoms with Crippen molar-refractivity contribution in [3.05, 3.63) is 54.1 Å². The van der Waals surface area contributed by atoms with Crippen LogP contribution in [-0.2, 0) is 4.79 Å². The number of anilines is 1. The first-order valence-electron chi connectivity index (χ1n) is 8.08. The lowest BCUT2D eigenvalue weighted by molar-refractivity contribution is -0.118. The Labute approximate surface area is 146 Å². The third-order valence-electron chi connectivity index (χ3n) is 4.36. The molecule has 130 valence electrons. The van der Waals surface area contributed by atoms with Gasteiger partial charge >= 0.3 is 0 Å². The Kier molecular flexibility index (Phi) is 4.61. The van der Waals surface area contributed by atoms with Crippen molar-refractivity contribution >= 4 is 17.5 Å². The number of amides is 2. The summed E-state index contributed by atoms with van der Waals surface area (Å²) in [4.78, 5) is 26.9. The molecule has 1 fully saturated rings. The molecule has 2 aromatic carbocycles. The molecule has 0 aromatic heterocycles. The SMILES string of the molecule is COc1cccc(C(=O)N[C@@H]2C[C@H](C)N(c3ccccc3)C2=O)c1O. The lowest BCUT2D eigenvalue weighted by Crippen LogP contribution is -2.42. The van der Waals surface area contributed by atoms with Gasteiger partial charge in [0.05, 0.1) is 12.7 Å². The number of phenols is 1. The fourth-order valence-electron chi connectivity index (χ4n) is 3.13. The van der Waals surface area contributed by atoms with Crippen LogP contribution in [0.4, 0.5) is 5.69 Å². The van der Waals surface area contributed by atoms with Gasteiger partial charge < -0.3 is 20.1 Å². The molecule has 1 aliphatic heterocycles. The molecule has 0 unspecified atom stereocenters. The van der Waals surface area contributed by atoms with E-state index in [1.165, 1.54) is 13.2 Å². The van der Waals surface area contributed by atoms with E-state index in [4.69, 9.17) is 4.74 Å². The van der Waals surface area contributed by atoms with Crippen molar-refractivity contribution in [2.24, 2.45) is 0 Å². The van der Waals surface area contributed by atoms with Crippen molar-refractivity contribution in [3.63, 3.8) is 0 Å². The van der Waals surface area contributed by atoms with Gasteiger partial charge in [0.2, 0.25) is 5.91 Å². The van der Waals surface area contributed by atoms with Gasteiger partial charge in [0.25, 0.3) is 5.91 Å². The molecule has 0 bridgehead atoms. The van der Waals surface area contributed by atoms with E-state index in [1.54, 1.807) is 17.0 Å². The Morgan fingerprint density at radius 2 is 1.92 bits per heavy atom. The van der Waals surface area contributed by atoms with Gasteiger partial charge in [-0.1, -0.05) is 24.3 Å². The minimum Gasteiger partial charge on any atom is -0.504 e. The van der Waals surface area contributed by atoms with Crippen molar-refractivity contribution in [1.29, 1.82) is 0 Å². The fourth-order valence-corrected chi connectivity index (χ4v) is 3.13. The standard InChI is InChI=1S/C19H20N2O4/c1-12-11-15(19(24)21(12)13-7-4-3-5-8-13)20-18(23)14-9-6-10-16(25-2)17(14)22/h3-10,12,15,22H,11H2,1-2H3,(H,20,23)/t12-,15+/m0/s1. The lowest BCUT2D eigenvalue weighted by atomic mass is 10.1. The van der Waals surface area contributed by atoms with E-state index in [0.717, 1.165) is 5.69 Å². The smallest absolute Gasteiger partial charge is 0.255 e. The molecule has 2 amide bonds. The van der Waals surface area contributed by atoms with Gasteiger partial charge in [-0.25, -0.2) is 0 Å². The van der Waals surface area contributed by atoms with Crippen LogP contribution in [0.25, 0.3) is 0 Å². The number of methoxy groups -OCH3 is 1. The number of para-hydroxylation sites is 2. The van der Waals surface area contributed by atoms with E-state index in [2.05, 4.69) is 5.32 Å². The molecule has 2 N–H and O–H groups in total. The van der Waals surface area contributed by atoms with Gasteiger partial charge in [0.15, 0.2) is 11.5 Å². The fraction of sp³-hybridized carbons (Fsp3) is 0.263. The maximum atomic E-state index is 12.7. The number of nitrogens with one attached hydrogen (secondary N) is 1. The van der Waals surface area contributed by atoms with E-state index in [0.29, 0.717) is 6.42 Å². The van der Waals surface area contributed by atoms with Gasteiger partial charge in [-0.05, 0) is 37.6 Å². The van der Waals surface area contributed by atoms with Crippen LogP contribution in [-0.4, -0.2) is 36.1 Å². The molecule has 1 aliphatic rings. The molecular formula is C19H20N2O4. The average Bonchev–Trinajstić information content (AvgIpc) is 2.89. The first-order valence-corrected chi connectivity index (χ1v) is 8.08. The van der Waals surface area contributed by atoms with Crippen molar-refractivity contribution in [1.82, 2.24) is 5.32 Å². The Morgan fingerprint density at radius 3 is 2.60 bits per heavy atom. The molecule has 0 spiro atoms. The number of hydrogen-bond acceptors (Lipinski definition) is 4. The number of hydrogen-bond donors (Lipinski definition) is 2. The quantitative estimate of drug-likeness (QED) is 0.895. The molecule has 2 atom stereocenters. The van der Waals surface area contributed by atoms with Crippen LogP contribution in [0.15, 0.2) is 48.5 Å². The van der Waals surface area contributed by atoms with Crippen molar-refractivity contribution in [2.75, 3.05) is 12.0 Å². The van der Waals surface area contributed by atoms with Crippen LogP contribution in [0.1, 0.15) is 23.7 Å². The van der Waals surface area contributed by atoms with Gasteiger partial charge in [0.1, 0.15) is 6.04 Å². The Hall–Kier alpha value is -3.02. The molecule has 25 heavy (non-hydrogen) atoms. The van der Waals surface area contributed by atoms with Crippen LogP contribution >= 0.6 is 0 Å². The second-order valence-electron chi connectivity index (χ2n) is 6.01. The maximum Gasteiger partial charge on any atom is 0.255 e. The minimum atomic E-state index is -0.631. The number of nitrogens with zero attached hydrogens (tertiary/aromatic N) is 1. The van der Waals surface area contributed by atoms with Crippen molar-refractivity contribution < 1.29 is 19.4 Å². The summed E-state index contributed by atoms with van der Waals surface area (Å²) in [5.41, 5.74) is 0.888. The number of phenolic OH excluding ortho intramolecular Hbond substituents is 1. The Bertz CT molecular complexity index is 791. The van der Waals surface area contributed by atoms with Crippen LogP contribution < -0.4 is 15.0 Å². The second kappa shape index (κ2) is 6.84. The molecule has 6 nitrogen and oxygen atoms in total. The first-order chi connectivity index (χ1) is 12.0. The van der Waals surface area contributed by atoms with Crippen LogP contribution in [0.5, 0.6) is 11.5 Å². The van der Waals surface area contributed by atoms with E-state index in [1.807, 2.05) is 37.3 Å². The van der Waals surface area contributed by atoms with E-state index >= 15 is 0 Å². The third-order valence-corrected chi connectivity index (χ3v) is 4.36. The number of aromatic hydroxyl groups is 1. The van der Waals surface area contributed by atoms with Crippen LogP contribution in [0, 0.1) is 0 Å². The zero-order valence-electron chi connectivity index (χ0n) is 14.1. The Balaban J connectivity index is 1.78. The van der Waals surface area contributed by atoms with Gasteiger partial charge in [-0.3, -0.25) is 9.59 Å². The number of carbonyl (C=O) groups is 2. The third kappa shape index (κ3) is 3.15. The summed E-state index contributed by atoms with van der Waals surface area (Å²) in [6.07, 6.45) is 0.504. The first kappa shape index (κ1) is 16.8. The van der Waals surface area contributed by atoms with E-state index in [-0.39, 0.29) is 29.0 Å². The summed E-state index contributed by atoms with van der Waals surface area (Å²) in [5, 5.41) is 12.8. The van der Waals surface area contributed by atoms with E-state index in [9.17, 15) is 14.7 Å². The summed E-state index contributed by atoms with van der Waals surface area (Å²) >= 11 is 0. The topological polar surface area (TPSA) is 78.9 Å². The predicted molar refractivity (Wildman–Crippen MR) is 93.9 cm³/mol. The zero-order chi connectivity index (χ0) is 18.0. The number of benzene rings is 2. The normalized spacial score (nSPS) is 19.8. The molecular weight excluding hydrogens is 320 g/mol. The molecule has 0 aliphatic carbocycles. The summed E-state index contributed by atoms with van der Waals surface area (Å²) in [6, 6.07) is 13.4. The van der Waals surface area contributed by atoms with E-state index < -0.39 is 11.9 Å². The Morgan fingerprint density at radius 1 is 1.20 bits per heavy atom. The molecule has 0 radical (unpaired) electrons. The monoisotopic (exact) mass is 340 g/mol. The summed E-state index contributed by atoms with van der Waals surface area (Å²) in [6.45, 7) is 1.94. The maximum absolute atomic E-state index is 12.7. The van der Waals surface area contributed by atoms with Crippen molar-refractivity contribution in [3.8, 4) is 11.5 Å². The largest absolute Gasteiger partial charge is 0.504 e. The highest BCUT2D eigenvalue weighted by Crippen LogP contribution is 2.30. The average molecular weight is 340 g/mol. The van der Waals surface area contributed by atoms with Gasteiger partial charge in [0, 0.05) is 11.7 Å². The van der Waals surface area contributed by atoms with Crippen molar-refractivity contribution in [2.45, 2.75) is 25.4 Å². The number of carbonyl (C=O) groups excluding carboxylic acids is 2. The number of ether oxygens (including phenoxy) is 1. The van der Waals surface area contributed by atoms with Gasteiger partial charge in [-0.15, -0.1) is 0 Å². The molecule has 2 aromatic rings. The number of rotatable bonds is 4. The summed E-state index contributed by atoms with van der Waals surface area (Å²) in [5.74, 6) is -0.683. The molecule has 1 heterocycles. The predicted octanol–water partition coefficient (Wildman–Crippen LogP) is 2.32. The summed E-state index contributed by atoms with van der Waals surface area (Å²) < 4.78 is 5.01. The molecule has 6 heteroatoms. The highest BCUT2D eigenvalue weighted by molar-refractivity contribution is 6.05. The molecule has 0 saturated carbocycles. The minimum absolute atomic E-state index is 0.0286. The second-order valence-corrected chi connectivity index (χ2v) is 6.01. The highest BCUT2D eigenvalue weighted by atomic mass is 16.5. The van der Waals surface area contributed by atoms with Crippen LogP contribution in [0.2, 0.25) is 0 Å². The summed E-state index contributed by atoms with van der Waals surface area (Å²) in [7, 11) is 1.41. The molecule has 3 rings (SSSR count).